The van der Waals surface area contributed by atoms with Crippen LogP contribution >= 0.6 is 11.3 Å². The van der Waals surface area contributed by atoms with Gasteiger partial charge >= 0.3 is 0 Å². The standard InChI is InChI=1S/C18H18N4O4S2/c1-3-11-9-13(22-21-11)16(24)20-17-14(15(19)23)10(2)18(27-17)28(25,26)12-7-5-4-6-8-12/h4-9H,3H2,1-2H3,(H2,19,23)(H,20,24)(H,21,22). The van der Waals surface area contributed by atoms with Crippen LogP contribution in [-0.2, 0) is 16.3 Å². The second-order valence-electron chi connectivity index (χ2n) is 5.99. The number of hydrogen-bond acceptors (Lipinski definition) is 6. The van der Waals surface area contributed by atoms with Crippen LogP contribution in [0.2, 0.25) is 0 Å². The second-order valence-corrected chi connectivity index (χ2v) is 9.15. The van der Waals surface area contributed by atoms with Crippen molar-refractivity contribution in [2.24, 2.45) is 5.73 Å². The number of nitrogens with two attached hydrogens (primary N) is 1. The molecule has 4 N–H and O–H groups in total. The molecule has 0 aliphatic carbocycles. The molecule has 2 heterocycles. The Labute approximate surface area is 165 Å². The first-order valence-corrected chi connectivity index (χ1v) is 10.6. The van der Waals surface area contributed by atoms with Crippen molar-refractivity contribution in [2.75, 3.05) is 5.32 Å². The second kappa shape index (κ2) is 7.56. The molecule has 3 aromatic rings. The molecule has 0 bridgehead atoms. The van der Waals surface area contributed by atoms with Crippen LogP contribution in [-0.4, -0.2) is 30.4 Å². The maximum atomic E-state index is 13.0. The number of hydrogen-bond donors (Lipinski definition) is 3. The SMILES string of the molecule is CCc1cc(C(=O)Nc2sc(S(=O)(=O)c3ccccc3)c(C)c2C(N)=O)n[nH]1. The molecule has 28 heavy (non-hydrogen) atoms. The van der Waals surface area contributed by atoms with Gasteiger partial charge in [0.2, 0.25) is 9.84 Å². The number of benzene rings is 1. The predicted molar refractivity (Wildman–Crippen MR) is 105 cm³/mol. The Morgan fingerprint density at radius 3 is 2.50 bits per heavy atom. The fourth-order valence-electron chi connectivity index (χ4n) is 2.67. The summed E-state index contributed by atoms with van der Waals surface area (Å²) in [6.07, 6.45) is 0.671. The van der Waals surface area contributed by atoms with Crippen LogP contribution in [0.3, 0.4) is 0 Å². The first-order chi connectivity index (χ1) is 13.3. The highest BCUT2D eigenvalue weighted by molar-refractivity contribution is 7.93. The molecule has 0 spiro atoms. The average Bonchev–Trinajstić information content (AvgIpc) is 3.27. The Bertz CT molecular complexity index is 1150. The number of carbonyl (C=O) groups is 2. The number of thiophene rings is 1. The highest BCUT2D eigenvalue weighted by Crippen LogP contribution is 2.38. The monoisotopic (exact) mass is 418 g/mol. The number of sulfone groups is 1. The van der Waals surface area contributed by atoms with E-state index in [2.05, 4.69) is 15.5 Å². The van der Waals surface area contributed by atoms with Crippen molar-refractivity contribution in [1.82, 2.24) is 10.2 Å². The third-order valence-corrected chi connectivity index (χ3v) is 7.72. The van der Waals surface area contributed by atoms with Crippen LogP contribution in [0.25, 0.3) is 0 Å². The van der Waals surface area contributed by atoms with Gasteiger partial charge in [0.1, 0.15) is 9.21 Å². The maximum absolute atomic E-state index is 13.0. The van der Waals surface area contributed by atoms with E-state index in [0.717, 1.165) is 17.0 Å². The molecule has 2 amide bonds. The Hall–Kier alpha value is -2.98. The van der Waals surface area contributed by atoms with Crippen LogP contribution in [0, 0.1) is 6.92 Å². The van der Waals surface area contributed by atoms with E-state index in [1.807, 2.05) is 6.92 Å². The van der Waals surface area contributed by atoms with E-state index in [1.165, 1.54) is 19.1 Å². The molecule has 2 aromatic heterocycles. The topological polar surface area (TPSA) is 135 Å². The minimum atomic E-state index is -3.87. The van der Waals surface area contributed by atoms with Crippen molar-refractivity contribution in [1.29, 1.82) is 0 Å². The minimum absolute atomic E-state index is 0.0286. The molecule has 10 heteroatoms. The molecule has 146 valence electrons. The summed E-state index contributed by atoms with van der Waals surface area (Å²) in [5.74, 6) is -1.39. The first-order valence-electron chi connectivity index (χ1n) is 8.34. The lowest BCUT2D eigenvalue weighted by Gasteiger charge is -2.03. The van der Waals surface area contributed by atoms with Gasteiger partial charge in [0.25, 0.3) is 11.8 Å². The van der Waals surface area contributed by atoms with Crippen molar-refractivity contribution in [3.05, 3.63) is 58.9 Å². The smallest absolute Gasteiger partial charge is 0.276 e. The number of aromatic nitrogens is 2. The molecular weight excluding hydrogens is 400 g/mol. The third kappa shape index (κ3) is 3.56. The van der Waals surface area contributed by atoms with Crippen molar-refractivity contribution >= 4 is 38.0 Å². The largest absolute Gasteiger partial charge is 0.365 e. The van der Waals surface area contributed by atoms with E-state index in [0.29, 0.717) is 6.42 Å². The van der Waals surface area contributed by atoms with Gasteiger partial charge in [0.05, 0.1) is 10.5 Å². The molecule has 0 saturated carbocycles. The zero-order valence-corrected chi connectivity index (χ0v) is 16.8. The highest BCUT2D eigenvalue weighted by Gasteiger charge is 2.29. The summed E-state index contributed by atoms with van der Waals surface area (Å²) in [5.41, 5.74) is 6.53. The Morgan fingerprint density at radius 2 is 1.93 bits per heavy atom. The average molecular weight is 419 g/mol. The molecule has 0 aliphatic heterocycles. The number of primary amides is 1. The fraction of sp³-hybridized carbons (Fsp3) is 0.167. The van der Waals surface area contributed by atoms with E-state index in [1.54, 1.807) is 24.3 Å². The van der Waals surface area contributed by atoms with Gasteiger partial charge < -0.3 is 11.1 Å². The lowest BCUT2D eigenvalue weighted by molar-refractivity contribution is 0.100. The predicted octanol–water partition coefficient (Wildman–Crippen LogP) is 2.53. The zero-order valence-electron chi connectivity index (χ0n) is 15.1. The van der Waals surface area contributed by atoms with Gasteiger partial charge in [-0.15, -0.1) is 11.3 Å². The van der Waals surface area contributed by atoms with Crippen LogP contribution in [0.1, 0.15) is 39.0 Å². The number of anilines is 1. The van der Waals surface area contributed by atoms with Gasteiger partial charge in [-0.3, -0.25) is 14.7 Å². The molecule has 0 radical (unpaired) electrons. The van der Waals surface area contributed by atoms with Gasteiger partial charge in [0, 0.05) is 5.69 Å². The van der Waals surface area contributed by atoms with E-state index < -0.39 is 21.7 Å². The van der Waals surface area contributed by atoms with Crippen LogP contribution in [0.15, 0.2) is 45.5 Å². The van der Waals surface area contributed by atoms with Gasteiger partial charge in [-0.05, 0) is 37.1 Å². The minimum Gasteiger partial charge on any atom is -0.365 e. The Balaban J connectivity index is 2.04. The van der Waals surface area contributed by atoms with Gasteiger partial charge in [-0.1, -0.05) is 25.1 Å². The fourth-order valence-corrected chi connectivity index (χ4v) is 5.82. The summed E-state index contributed by atoms with van der Waals surface area (Å²) in [6, 6.07) is 9.43. The number of nitrogens with zero attached hydrogens (tertiary/aromatic N) is 1. The van der Waals surface area contributed by atoms with Gasteiger partial charge in [-0.2, -0.15) is 5.10 Å². The quantitative estimate of drug-likeness (QED) is 0.565. The normalized spacial score (nSPS) is 11.4. The molecule has 0 fully saturated rings. The first kappa shape index (κ1) is 19.8. The summed E-state index contributed by atoms with van der Waals surface area (Å²) in [6.45, 7) is 3.40. The number of H-pyrrole nitrogens is 1. The molecule has 8 nitrogen and oxygen atoms in total. The highest BCUT2D eigenvalue weighted by atomic mass is 32.2. The Morgan fingerprint density at radius 1 is 1.25 bits per heavy atom. The zero-order chi connectivity index (χ0) is 20.5. The van der Waals surface area contributed by atoms with Crippen molar-refractivity contribution in [3.8, 4) is 0 Å². The molecule has 1 aromatic carbocycles. The van der Waals surface area contributed by atoms with Crippen molar-refractivity contribution in [3.63, 3.8) is 0 Å². The number of aromatic amines is 1. The number of nitrogens with one attached hydrogen (secondary N) is 2. The molecule has 0 aliphatic rings. The van der Waals surface area contributed by atoms with E-state index in [-0.39, 0.29) is 30.9 Å². The lowest BCUT2D eigenvalue weighted by atomic mass is 10.2. The summed E-state index contributed by atoms with van der Waals surface area (Å²) in [5, 5.41) is 9.28. The number of carbonyl (C=O) groups excluding carboxylic acids is 2. The molecule has 3 rings (SSSR count). The maximum Gasteiger partial charge on any atom is 0.276 e. The van der Waals surface area contributed by atoms with Crippen LogP contribution in [0.5, 0.6) is 0 Å². The van der Waals surface area contributed by atoms with Gasteiger partial charge in [-0.25, -0.2) is 8.42 Å². The molecule has 0 unspecified atom stereocenters. The van der Waals surface area contributed by atoms with Crippen molar-refractivity contribution < 1.29 is 18.0 Å². The summed E-state index contributed by atoms with van der Waals surface area (Å²) >= 11 is 0.793. The van der Waals surface area contributed by atoms with E-state index in [4.69, 9.17) is 5.73 Å². The number of aryl methyl sites for hydroxylation is 1. The van der Waals surface area contributed by atoms with E-state index >= 15 is 0 Å². The van der Waals surface area contributed by atoms with Crippen LogP contribution in [0.4, 0.5) is 5.00 Å². The van der Waals surface area contributed by atoms with Gasteiger partial charge in [0.15, 0.2) is 5.69 Å². The molecule has 0 saturated heterocycles. The molecular formula is C18H18N4O4S2. The Kier molecular flexibility index (Phi) is 5.34. The summed E-state index contributed by atoms with van der Waals surface area (Å²) in [7, 11) is -3.87. The summed E-state index contributed by atoms with van der Waals surface area (Å²) in [4.78, 5) is 24.5. The van der Waals surface area contributed by atoms with Crippen molar-refractivity contribution in [2.45, 2.75) is 29.4 Å². The van der Waals surface area contributed by atoms with E-state index in [9.17, 15) is 18.0 Å². The number of rotatable bonds is 6. The lowest BCUT2D eigenvalue weighted by Crippen LogP contribution is -2.17. The summed E-state index contributed by atoms with van der Waals surface area (Å²) < 4.78 is 25.9. The molecule has 0 atom stereocenters. The third-order valence-electron chi connectivity index (χ3n) is 4.12. The number of amides is 2. The van der Waals surface area contributed by atoms with Crippen LogP contribution < -0.4 is 11.1 Å².